The van der Waals surface area contributed by atoms with Crippen LogP contribution in [0.15, 0.2) is 72.8 Å². The Labute approximate surface area is 189 Å². The number of hydrogen-bond acceptors (Lipinski definition) is 3. The van der Waals surface area contributed by atoms with Crippen molar-refractivity contribution >= 4 is 39.1 Å². The number of carbonyl (C=O) groups excluding carboxylic acids is 1. The van der Waals surface area contributed by atoms with Crippen LogP contribution in [0.5, 0.6) is 0 Å². The minimum Gasteiger partial charge on any atom is -0.382 e. The predicted molar refractivity (Wildman–Crippen MR) is 133 cm³/mol. The highest BCUT2D eigenvalue weighted by molar-refractivity contribution is 6.09. The summed E-state index contributed by atoms with van der Waals surface area (Å²) in [5, 5.41) is 9.14. The van der Waals surface area contributed by atoms with Gasteiger partial charge < -0.3 is 15.2 Å². The minimum absolute atomic E-state index is 0.0537. The van der Waals surface area contributed by atoms with Gasteiger partial charge in [0.25, 0.3) is 0 Å². The molecule has 1 saturated heterocycles. The first-order valence-corrected chi connectivity index (χ1v) is 11.6. The summed E-state index contributed by atoms with van der Waals surface area (Å²) >= 11 is 0. The Morgan fingerprint density at radius 2 is 1.59 bits per heavy atom. The Morgan fingerprint density at radius 1 is 0.875 bits per heavy atom. The van der Waals surface area contributed by atoms with Crippen molar-refractivity contribution in [3.8, 4) is 0 Å². The molecule has 0 bridgehead atoms. The van der Waals surface area contributed by atoms with Crippen LogP contribution < -0.4 is 10.6 Å². The first kappa shape index (κ1) is 20.6. The fourth-order valence-electron chi connectivity index (χ4n) is 4.88. The van der Waals surface area contributed by atoms with Gasteiger partial charge in [-0.1, -0.05) is 36.4 Å². The van der Waals surface area contributed by atoms with E-state index in [1.54, 1.807) is 0 Å². The molecule has 1 amide bonds. The Bertz CT molecular complexity index is 1220. The van der Waals surface area contributed by atoms with E-state index in [0.717, 1.165) is 38.2 Å². The van der Waals surface area contributed by atoms with Crippen LogP contribution in [0.25, 0.3) is 21.8 Å². The molecule has 5 heteroatoms. The van der Waals surface area contributed by atoms with Crippen molar-refractivity contribution in [2.24, 2.45) is 0 Å². The van der Waals surface area contributed by atoms with Gasteiger partial charge in [-0.3, -0.25) is 9.69 Å². The average Bonchev–Trinajstić information content (AvgIpc) is 3.14. The van der Waals surface area contributed by atoms with Crippen molar-refractivity contribution in [1.82, 2.24) is 9.47 Å². The van der Waals surface area contributed by atoms with Gasteiger partial charge in [0, 0.05) is 58.9 Å². The van der Waals surface area contributed by atoms with E-state index in [9.17, 15) is 4.79 Å². The molecule has 3 aromatic carbocycles. The van der Waals surface area contributed by atoms with Crippen LogP contribution in [0.2, 0.25) is 0 Å². The zero-order valence-electron chi connectivity index (χ0n) is 18.6. The van der Waals surface area contributed by atoms with E-state index < -0.39 is 0 Å². The van der Waals surface area contributed by atoms with Gasteiger partial charge in [-0.25, -0.2) is 0 Å². The molecule has 2 N–H and O–H groups in total. The van der Waals surface area contributed by atoms with Crippen LogP contribution in [0.3, 0.4) is 0 Å². The summed E-state index contributed by atoms with van der Waals surface area (Å²) in [7, 11) is 0. The number of hydrogen-bond donors (Lipinski definition) is 2. The van der Waals surface area contributed by atoms with Crippen molar-refractivity contribution in [2.75, 3.05) is 30.3 Å². The number of anilines is 2. The number of likely N-dealkylation sites (tertiary alicyclic amines) is 1. The highest BCUT2D eigenvalue weighted by atomic mass is 16.2. The molecule has 1 aliphatic rings. The topological polar surface area (TPSA) is 49.3 Å². The maximum Gasteiger partial charge on any atom is 0.238 e. The lowest BCUT2D eigenvalue weighted by atomic mass is 10.0. The summed E-state index contributed by atoms with van der Waals surface area (Å²) in [4.78, 5) is 15.0. The Kier molecular flexibility index (Phi) is 5.82. The van der Waals surface area contributed by atoms with Gasteiger partial charge in [-0.15, -0.1) is 0 Å². The van der Waals surface area contributed by atoms with Gasteiger partial charge in [0.1, 0.15) is 0 Å². The van der Waals surface area contributed by atoms with Crippen LogP contribution in [0.4, 0.5) is 11.4 Å². The molecule has 4 aromatic rings. The first-order chi connectivity index (χ1) is 15.7. The average molecular weight is 427 g/mol. The molecule has 5 nitrogen and oxygen atoms in total. The molecule has 1 fully saturated rings. The quantitative estimate of drug-likeness (QED) is 0.438. The van der Waals surface area contributed by atoms with Gasteiger partial charge >= 0.3 is 0 Å². The highest BCUT2D eigenvalue weighted by Crippen LogP contribution is 2.31. The van der Waals surface area contributed by atoms with Gasteiger partial charge in [0.05, 0.1) is 6.54 Å². The molecule has 0 unspecified atom stereocenters. The molecule has 5 rings (SSSR count). The number of nitrogens with zero attached hydrogens (tertiary/aromatic N) is 2. The second-order valence-electron chi connectivity index (χ2n) is 8.60. The fraction of sp³-hybridized carbons (Fsp3) is 0.296. The molecule has 164 valence electrons. The lowest BCUT2D eigenvalue weighted by Gasteiger charge is -2.32. The molecular weight excluding hydrogens is 396 g/mol. The summed E-state index contributed by atoms with van der Waals surface area (Å²) in [5.41, 5.74) is 4.48. The molecule has 0 spiro atoms. The predicted octanol–water partition coefficient (Wildman–Crippen LogP) is 5.33. The summed E-state index contributed by atoms with van der Waals surface area (Å²) in [6.45, 7) is 5.39. The van der Waals surface area contributed by atoms with Crippen molar-refractivity contribution in [3.05, 3.63) is 72.8 Å². The van der Waals surface area contributed by atoms with Crippen molar-refractivity contribution in [3.63, 3.8) is 0 Å². The lowest BCUT2D eigenvalue weighted by Crippen LogP contribution is -2.42. The summed E-state index contributed by atoms with van der Waals surface area (Å²) in [6, 6.07) is 25.5. The second-order valence-corrected chi connectivity index (χ2v) is 8.60. The van der Waals surface area contributed by atoms with Crippen LogP contribution >= 0.6 is 0 Å². The smallest absolute Gasteiger partial charge is 0.238 e. The van der Waals surface area contributed by atoms with Crippen LogP contribution in [-0.4, -0.2) is 41.1 Å². The number of rotatable bonds is 6. The molecule has 2 heterocycles. The van der Waals surface area contributed by atoms with Crippen LogP contribution in [0, 0.1) is 0 Å². The van der Waals surface area contributed by atoms with Gasteiger partial charge in [-0.2, -0.15) is 0 Å². The molecular formula is C27H30N4O. The Balaban J connectivity index is 1.21. The molecule has 32 heavy (non-hydrogen) atoms. The Hall–Kier alpha value is -3.31. The molecule has 1 aliphatic heterocycles. The second kappa shape index (κ2) is 9.05. The number of aromatic nitrogens is 1. The third kappa shape index (κ3) is 4.21. The largest absolute Gasteiger partial charge is 0.382 e. The summed E-state index contributed by atoms with van der Waals surface area (Å²) in [5.74, 6) is 0.0537. The van der Waals surface area contributed by atoms with E-state index in [-0.39, 0.29) is 5.91 Å². The van der Waals surface area contributed by atoms with Crippen molar-refractivity contribution in [2.45, 2.75) is 32.4 Å². The highest BCUT2D eigenvalue weighted by Gasteiger charge is 2.21. The number of nitrogens with one attached hydrogen (secondary N) is 2. The number of para-hydroxylation sites is 2. The first-order valence-electron chi connectivity index (χ1n) is 11.6. The molecule has 0 saturated carbocycles. The molecule has 0 atom stereocenters. The van der Waals surface area contributed by atoms with Crippen molar-refractivity contribution < 1.29 is 4.79 Å². The number of fused-ring (bicyclic) bond motifs is 3. The maximum atomic E-state index is 12.7. The number of piperidine rings is 1. The third-order valence-electron chi connectivity index (χ3n) is 6.47. The molecule has 0 radical (unpaired) electrons. The zero-order chi connectivity index (χ0) is 21.9. The van der Waals surface area contributed by atoms with Gasteiger partial charge in [0.15, 0.2) is 0 Å². The van der Waals surface area contributed by atoms with E-state index in [1.165, 1.54) is 27.5 Å². The molecule has 0 aliphatic carbocycles. The summed E-state index contributed by atoms with van der Waals surface area (Å²) in [6.07, 6.45) is 2.09. The standard InChI is InChI=1S/C27H30N4O/c1-2-31-25-11-7-6-10-23(25)24-18-22(12-13-26(24)31)29-27(32)19-30-16-14-21(15-17-30)28-20-8-4-3-5-9-20/h3-13,18,21,28H,2,14-17,19H2,1H3,(H,29,32). The fourth-order valence-corrected chi connectivity index (χ4v) is 4.88. The van der Waals surface area contributed by atoms with Crippen molar-refractivity contribution in [1.29, 1.82) is 0 Å². The van der Waals surface area contributed by atoms with E-state index in [0.29, 0.717) is 12.6 Å². The molecule has 1 aromatic heterocycles. The number of amides is 1. The number of carbonyl (C=O) groups is 1. The summed E-state index contributed by atoms with van der Waals surface area (Å²) < 4.78 is 2.32. The monoisotopic (exact) mass is 426 g/mol. The van der Waals surface area contributed by atoms with E-state index in [4.69, 9.17) is 0 Å². The van der Waals surface area contributed by atoms with E-state index in [1.807, 2.05) is 12.1 Å². The lowest BCUT2D eigenvalue weighted by molar-refractivity contribution is -0.117. The normalized spacial score (nSPS) is 15.3. The maximum absolute atomic E-state index is 12.7. The number of benzene rings is 3. The van der Waals surface area contributed by atoms with Gasteiger partial charge in [-0.05, 0) is 56.2 Å². The SMILES string of the molecule is CCn1c2ccccc2c2cc(NC(=O)CN3CCC(Nc4ccccc4)CC3)ccc21. The number of aryl methyl sites for hydroxylation is 1. The van der Waals surface area contributed by atoms with E-state index >= 15 is 0 Å². The van der Waals surface area contributed by atoms with Gasteiger partial charge in [0.2, 0.25) is 5.91 Å². The van der Waals surface area contributed by atoms with E-state index in [2.05, 4.69) is 87.7 Å². The zero-order valence-corrected chi connectivity index (χ0v) is 18.6. The third-order valence-corrected chi connectivity index (χ3v) is 6.47. The minimum atomic E-state index is 0.0537. The Morgan fingerprint density at radius 3 is 2.38 bits per heavy atom. The van der Waals surface area contributed by atoms with Crippen LogP contribution in [-0.2, 0) is 11.3 Å². The van der Waals surface area contributed by atoms with Crippen LogP contribution in [0.1, 0.15) is 19.8 Å².